The van der Waals surface area contributed by atoms with Crippen molar-refractivity contribution in [2.24, 2.45) is 0 Å². The fourth-order valence-corrected chi connectivity index (χ4v) is 4.10. The lowest BCUT2D eigenvalue weighted by Gasteiger charge is -2.38. The molecule has 1 N–H and O–H groups in total. The maximum absolute atomic E-state index is 12.5. The number of hydrogen-bond donors (Lipinski definition) is 2. The lowest BCUT2D eigenvalue weighted by Crippen LogP contribution is -2.50. The Morgan fingerprint density at radius 1 is 1.09 bits per heavy atom. The molecule has 0 heterocycles. The van der Waals surface area contributed by atoms with E-state index in [9.17, 15) is 9.59 Å². The molecule has 0 fully saturated rings. The Morgan fingerprint density at radius 2 is 1.79 bits per heavy atom. The number of likely N-dealkylation sites (N-methyl/N-ethyl adjacent to an activating group) is 1. The quantitative estimate of drug-likeness (QED) is 0.249. The molecule has 0 aliphatic carbocycles. The van der Waals surface area contributed by atoms with E-state index in [1.54, 1.807) is 7.11 Å². The fraction of sp³-hybridized carbons (Fsp3) is 0.462. The molecule has 6 nitrogen and oxygen atoms in total. The molecule has 0 aliphatic heterocycles. The zero-order valence-electron chi connectivity index (χ0n) is 20.1. The van der Waals surface area contributed by atoms with Crippen LogP contribution in [0.5, 0.6) is 5.75 Å². The van der Waals surface area contributed by atoms with E-state index in [0.717, 1.165) is 48.1 Å². The number of nitrogens with one attached hydrogen (secondary N) is 1. The van der Waals surface area contributed by atoms with Crippen molar-refractivity contribution < 1.29 is 19.1 Å². The van der Waals surface area contributed by atoms with Crippen molar-refractivity contribution in [1.29, 1.82) is 0 Å². The van der Waals surface area contributed by atoms with Gasteiger partial charge in [-0.1, -0.05) is 43.1 Å². The van der Waals surface area contributed by atoms with Crippen LogP contribution in [0.2, 0.25) is 0 Å². The van der Waals surface area contributed by atoms with Crippen molar-refractivity contribution in [3.63, 3.8) is 0 Å². The van der Waals surface area contributed by atoms with E-state index in [1.807, 2.05) is 31.3 Å². The lowest BCUT2D eigenvalue weighted by molar-refractivity contribution is -0.139. The van der Waals surface area contributed by atoms with Crippen molar-refractivity contribution >= 4 is 25.1 Å². The zero-order chi connectivity index (χ0) is 24.3. The normalized spacial score (nSPS) is 12.9. The number of aldehydes is 1. The summed E-state index contributed by atoms with van der Waals surface area (Å²) in [6, 6.07) is 14.1. The molecule has 0 saturated carbocycles. The summed E-state index contributed by atoms with van der Waals surface area (Å²) in [6.45, 7) is 3.43. The van der Waals surface area contributed by atoms with Crippen LogP contribution in [0.1, 0.15) is 35.1 Å². The Kier molecular flexibility index (Phi) is 10.9. The highest BCUT2D eigenvalue weighted by Gasteiger charge is 2.33. The van der Waals surface area contributed by atoms with Gasteiger partial charge in [0.2, 0.25) is 0 Å². The molecule has 0 aliphatic rings. The average Bonchev–Trinajstić information content (AvgIpc) is 2.84. The predicted octanol–water partition coefficient (Wildman–Crippen LogP) is 3.59. The maximum atomic E-state index is 12.5. The SMILES string of the molecule is COC(=O)Cc1ccc(C)c(CCC(C=O)(CCNS)N(C)CCc2ccc(OC)cc2)c1. The molecule has 0 aromatic heterocycles. The van der Waals surface area contributed by atoms with Crippen molar-refractivity contribution in [1.82, 2.24) is 9.62 Å². The Hall–Kier alpha value is -2.35. The Labute approximate surface area is 203 Å². The van der Waals surface area contributed by atoms with E-state index < -0.39 is 5.54 Å². The summed E-state index contributed by atoms with van der Waals surface area (Å²) in [6.07, 6.45) is 4.22. The van der Waals surface area contributed by atoms with E-state index in [2.05, 4.69) is 47.6 Å². The van der Waals surface area contributed by atoms with E-state index in [1.165, 1.54) is 12.7 Å². The summed E-state index contributed by atoms with van der Waals surface area (Å²) in [4.78, 5) is 26.3. The second-order valence-electron chi connectivity index (χ2n) is 8.41. The third-order valence-electron chi connectivity index (χ3n) is 6.36. The second-order valence-corrected chi connectivity index (χ2v) is 8.73. The first-order valence-corrected chi connectivity index (χ1v) is 11.6. The molecular formula is C26H36N2O4S. The molecule has 33 heavy (non-hydrogen) atoms. The smallest absolute Gasteiger partial charge is 0.309 e. The van der Waals surface area contributed by atoms with Crippen molar-refractivity contribution in [3.8, 4) is 5.75 Å². The number of ether oxygens (including phenoxy) is 2. The highest BCUT2D eigenvalue weighted by atomic mass is 32.1. The van der Waals surface area contributed by atoms with Crippen LogP contribution in [0, 0.1) is 6.92 Å². The Balaban J connectivity index is 2.14. The van der Waals surface area contributed by atoms with Crippen molar-refractivity contribution in [2.45, 2.75) is 44.6 Å². The second kappa shape index (κ2) is 13.4. The summed E-state index contributed by atoms with van der Waals surface area (Å²) in [7, 11) is 5.06. The lowest BCUT2D eigenvalue weighted by atomic mass is 9.86. The first-order valence-electron chi connectivity index (χ1n) is 11.2. The number of carbonyl (C=O) groups is 2. The standard InChI is InChI=1S/C26H36N2O4S/c1-20-5-6-22(18-25(30)32-4)17-23(20)11-13-26(19-29,14-15-27-33)28(2)16-12-21-7-9-24(31-3)10-8-21/h5-10,17,19,27,33H,11-16,18H2,1-4H3. The van der Waals surface area contributed by atoms with Gasteiger partial charge in [0, 0.05) is 13.1 Å². The minimum absolute atomic E-state index is 0.244. The van der Waals surface area contributed by atoms with Gasteiger partial charge in [-0.2, -0.15) is 0 Å². The van der Waals surface area contributed by atoms with Gasteiger partial charge >= 0.3 is 5.97 Å². The Bertz CT molecular complexity index is 904. The summed E-state index contributed by atoms with van der Waals surface area (Å²) in [5.74, 6) is 0.573. The number of carbonyl (C=O) groups excluding carboxylic acids is 2. The molecule has 7 heteroatoms. The minimum atomic E-state index is -0.618. The molecule has 0 radical (unpaired) electrons. The van der Waals surface area contributed by atoms with Gasteiger partial charge in [-0.05, 0) is 74.0 Å². The fourth-order valence-electron chi connectivity index (χ4n) is 3.99. The monoisotopic (exact) mass is 472 g/mol. The highest BCUT2D eigenvalue weighted by molar-refractivity contribution is 7.78. The number of hydrogen-bond acceptors (Lipinski definition) is 7. The van der Waals surface area contributed by atoms with Crippen LogP contribution in [0.3, 0.4) is 0 Å². The molecule has 180 valence electrons. The molecule has 0 amide bonds. The number of esters is 1. The molecule has 0 saturated heterocycles. The van der Waals surface area contributed by atoms with Crippen LogP contribution in [-0.4, -0.2) is 57.1 Å². The van der Waals surface area contributed by atoms with E-state index >= 15 is 0 Å². The van der Waals surface area contributed by atoms with Crippen molar-refractivity contribution in [3.05, 3.63) is 64.7 Å². The van der Waals surface area contributed by atoms with E-state index in [0.29, 0.717) is 19.4 Å². The van der Waals surface area contributed by atoms with Crippen LogP contribution in [0.4, 0.5) is 0 Å². The van der Waals surface area contributed by atoms with Gasteiger partial charge in [-0.15, -0.1) is 0 Å². The summed E-state index contributed by atoms with van der Waals surface area (Å²) in [5, 5.41) is 0. The summed E-state index contributed by atoms with van der Waals surface area (Å²) in [5.41, 5.74) is 3.79. The molecule has 2 aromatic rings. The zero-order valence-corrected chi connectivity index (χ0v) is 21.0. The number of nitrogens with zero attached hydrogens (tertiary/aromatic N) is 1. The molecule has 2 aromatic carbocycles. The van der Waals surface area contributed by atoms with Crippen LogP contribution >= 0.6 is 12.8 Å². The van der Waals surface area contributed by atoms with Gasteiger partial charge in [0.25, 0.3) is 0 Å². The molecule has 0 bridgehead atoms. The Morgan fingerprint density at radius 3 is 2.39 bits per heavy atom. The molecule has 2 rings (SSSR count). The number of rotatable bonds is 14. The largest absolute Gasteiger partial charge is 0.497 e. The van der Waals surface area contributed by atoms with E-state index in [4.69, 9.17) is 9.47 Å². The molecule has 1 unspecified atom stereocenters. The third-order valence-corrected chi connectivity index (χ3v) is 6.58. The minimum Gasteiger partial charge on any atom is -0.497 e. The molecular weight excluding hydrogens is 436 g/mol. The third kappa shape index (κ3) is 7.88. The summed E-state index contributed by atoms with van der Waals surface area (Å²) < 4.78 is 12.9. The van der Waals surface area contributed by atoms with Gasteiger partial charge < -0.3 is 14.3 Å². The van der Waals surface area contributed by atoms with Crippen LogP contribution in [-0.2, 0) is 33.6 Å². The average molecular weight is 473 g/mol. The van der Waals surface area contributed by atoms with Gasteiger partial charge in [0.15, 0.2) is 0 Å². The maximum Gasteiger partial charge on any atom is 0.309 e. The predicted molar refractivity (Wildman–Crippen MR) is 135 cm³/mol. The number of methoxy groups -OCH3 is 2. The van der Waals surface area contributed by atoms with Crippen LogP contribution in [0.15, 0.2) is 42.5 Å². The number of thiol groups is 1. The molecule has 1 atom stereocenters. The highest BCUT2D eigenvalue weighted by Crippen LogP contribution is 2.25. The van der Waals surface area contributed by atoms with Gasteiger partial charge in [0.1, 0.15) is 12.0 Å². The first-order chi connectivity index (χ1) is 15.9. The van der Waals surface area contributed by atoms with Gasteiger partial charge in [-0.25, -0.2) is 0 Å². The van der Waals surface area contributed by atoms with Crippen LogP contribution in [0.25, 0.3) is 0 Å². The van der Waals surface area contributed by atoms with Crippen LogP contribution < -0.4 is 9.46 Å². The molecule has 0 spiro atoms. The topological polar surface area (TPSA) is 67.9 Å². The van der Waals surface area contributed by atoms with Gasteiger partial charge in [0.05, 0.1) is 26.2 Å². The first kappa shape index (κ1) is 26.9. The van der Waals surface area contributed by atoms with E-state index in [-0.39, 0.29) is 12.4 Å². The van der Waals surface area contributed by atoms with Gasteiger partial charge in [-0.3, -0.25) is 14.4 Å². The number of aryl methyl sites for hydroxylation is 2. The summed E-state index contributed by atoms with van der Waals surface area (Å²) >= 11 is 4.14. The van der Waals surface area contributed by atoms with Crippen molar-refractivity contribution in [2.75, 3.05) is 34.4 Å². The number of benzene rings is 2.